The number of allylic oxidation sites excluding steroid dienone is 5. The van der Waals surface area contributed by atoms with Gasteiger partial charge in [-0.25, -0.2) is 0 Å². The zero-order valence-electron chi connectivity index (χ0n) is 21.1. The predicted octanol–water partition coefficient (Wildman–Crippen LogP) is 9.39. The average molecular weight is 387 g/mol. The molecule has 0 N–H and O–H groups in total. The molecule has 0 aliphatic heterocycles. The molecule has 0 radical (unpaired) electrons. The summed E-state index contributed by atoms with van der Waals surface area (Å²) >= 11 is 0. The van der Waals surface area contributed by atoms with Crippen LogP contribution in [0.3, 0.4) is 0 Å². The van der Waals surface area contributed by atoms with Crippen molar-refractivity contribution in [2.24, 2.45) is 34.5 Å². The van der Waals surface area contributed by atoms with Gasteiger partial charge in [0, 0.05) is 0 Å². The van der Waals surface area contributed by atoms with Gasteiger partial charge >= 0.3 is 0 Å². The first-order valence-electron chi connectivity index (χ1n) is 11.8. The fraction of sp³-hybridized carbons (Fsp3) is 0.786. The lowest BCUT2D eigenvalue weighted by Crippen LogP contribution is -2.34. The molecule has 28 heavy (non-hydrogen) atoms. The Labute approximate surface area is 178 Å². The van der Waals surface area contributed by atoms with Crippen molar-refractivity contribution in [1.82, 2.24) is 0 Å². The summed E-state index contributed by atoms with van der Waals surface area (Å²) in [6.45, 7) is 30.4. The van der Waals surface area contributed by atoms with Crippen LogP contribution in [0.15, 0.2) is 34.9 Å². The Balaban J connectivity index is 3.30. The Morgan fingerprint density at radius 2 is 1.75 bits per heavy atom. The summed E-state index contributed by atoms with van der Waals surface area (Å²) in [6, 6.07) is 0. The largest absolute Gasteiger partial charge is 0.0959 e. The lowest BCUT2D eigenvalue weighted by atomic mass is 9.61. The zero-order valence-corrected chi connectivity index (χ0v) is 21.1. The summed E-state index contributed by atoms with van der Waals surface area (Å²) in [6.07, 6.45) is 8.84. The van der Waals surface area contributed by atoms with E-state index >= 15 is 0 Å². The van der Waals surface area contributed by atoms with E-state index in [9.17, 15) is 0 Å². The standard InChI is InChI=1S/C28H50/c1-13-20(6)25(16-26(21(7)14-2)28(12)18-23(28)9)27(11,15-3)17-22(8)24(10)19(4)5/h13,21,23,25-26H,4,14-18H2,1-3,5-12H3. The van der Waals surface area contributed by atoms with Gasteiger partial charge in [-0.3, -0.25) is 0 Å². The molecule has 0 heteroatoms. The highest BCUT2D eigenvalue weighted by Crippen LogP contribution is 2.62. The molecule has 0 bridgehead atoms. The molecule has 1 rings (SSSR count). The van der Waals surface area contributed by atoms with Crippen LogP contribution >= 0.6 is 0 Å². The van der Waals surface area contributed by atoms with Crippen LogP contribution in [-0.2, 0) is 0 Å². The SMILES string of the molecule is C=C(C)C(C)=C(C)CC(C)(CC)C(CC(C(C)CC)C1(C)CC1C)C(C)=CC. The van der Waals surface area contributed by atoms with Crippen LogP contribution in [0, 0.1) is 34.5 Å². The van der Waals surface area contributed by atoms with Gasteiger partial charge in [-0.05, 0) is 100 Å². The Kier molecular flexibility index (Phi) is 8.85. The van der Waals surface area contributed by atoms with E-state index in [0.717, 1.165) is 17.8 Å². The fourth-order valence-electron chi connectivity index (χ4n) is 5.63. The van der Waals surface area contributed by atoms with Crippen molar-refractivity contribution in [3.63, 3.8) is 0 Å². The lowest BCUT2D eigenvalue weighted by molar-refractivity contribution is 0.113. The van der Waals surface area contributed by atoms with E-state index in [1.54, 1.807) is 5.57 Å². The molecule has 0 aromatic rings. The van der Waals surface area contributed by atoms with Crippen LogP contribution in [-0.4, -0.2) is 0 Å². The molecule has 1 aliphatic rings. The Morgan fingerprint density at radius 1 is 1.21 bits per heavy atom. The summed E-state index contributed by atoms with van der Waals surface area (Å²) in [7, 11) is 0. The first kappa shape index (κ1) is 25.3. The first-order valence-corrected chi connectivity index (χ1v) is 11.8. The molecule has 0 heterocycles. The van der Waals surface area contributed by atoms with Gasteiger partial charge in [0.1, 0.15) is 0 Å². The average Bonchev–Trinajstić information content (AvgIpc) is 3.27. The van der Waals surface area contributed by atoms with Crippen molar-refractivity contribution in [1.29, 1.82) is 0 Å². The molecule has 0 amide bonds. The number of hydrogen-bond acceptors (Lipinski definition) is 0. The normalized spacial score (nSPS) is 28.8. The summed E-state index contributed by atoms with van der Waals surface area (Å²) < 4.78 is 0. The third-order valence-corrected chi connectivity index (χ3v) is 8.98. The highest BCUT2D eigenvalue weighted by Gasteiger charge is 2.54. The van der Waals surface area contributed by atoms with Gasteiger partial charge in [0.25, 0.3) is 0 Å². The summed E-state index contributed by atoms with van der Waals surface area (Å²) in [5.41, 5.74) is 6.59. The highest BCUT2D eigenvalue weighted by atomic mass is 14.6. The molecule has 0 spiro atoms. The summed E-state index contributed by atoms with van der Waals surface area (Å²) in [5.74, 6) is 3.17. The maximum absolute atomic E-state index is 4.19. The molecular weight excluding hydrogens is 336 g/mol. The van der Waals surface area contributed by atoms with E-state index < -0.39 is 0 Å². The van der Waals surface area contributed by atoms with E-state index in [1.807, 2.05) is 0 Å². The van der Waals surface area contributed by atoms with Crippen LogP contribution in [0.25, 0.3) is 0 Å². The van der Waals surface area contributed by atoms with Crippen molar-refractivity contribution in [3.05, 3.63) is 34.9 Å². The minimum Gasteiger partial charge on any atom is -0.0959 e. The van der Waals surface area contributed by atoms with Gasteiger partial charge in [-0.15, -0.1) is 0 Å². The second kappa shape index (κ2) is 9.82. The smallest absolute Gasteiger partial charge is 0.0146 e. The number of hydrogen-bond donors (Lipinski definition) is 0. The second-order valence-corrected chi connectivity index (χ2v) is 10.8. The Hall–Kier alpha value is -0.780. The van der Waals surface area contributed by atoms with Crippen molar-refractivity contribution in [2.75, 3.05) is 0 Å². The van der Waals surface area contributed by atoms with E-state index in [2.05, 4.69) is 88.8 Å². The van der Waals surface area contributed by atoms with Crippen LogP contribution in [0.4, 0.5) is 0 Å². The zero-order chi connectivity index (χ0) is 21.9. The van der Waals surface area contributed by atoms with Crippen LogP contribution in [0.2, 0.25) is 0 Å². The summed E-state index contributed by atoms with van der Waals surface area (Å²) in [5, 5.41) is 0. The van der Waals surface area contributed by atoms with Gasteiger partial charge in [0.2, 0.25) is 0 Å². The van der Waals surface area contributed by atoms with Crippen molar-refractivity contribution in [2.45, 2.75) is 108 Å². The highest BCUT2D eigenvalue weighted by molar-refractivity contribution is 5.30. The molecule has 1 aliphatic carbocycles. The van der Waals surface area contributed by atoms with E-state index in [-0.39, 0.29) is 0 Å². The fourth-order valence-corrected chi connectivity index (χ4v) is 5.63. The molecule has 1 fully saturated rings. The van der Waals surface area contributed by atoms with Gasteiger partial charge in [-0.1, -0.05) is 77.3 Å². The molecule has 1 saturated carbocycles. The van der Waals surface area contributed by atoms with E-state index in [1.165, 1.54) is 48.8 Å². The first-order chi connectivity index (χ1) is 12.9. The minimum absolute atomic E-state index is 0.303. The van der Waals surface area contributed by atoms with E-state index in [4.69, 9.17) is 0 Å². The molecular formula is C28H50. The predicted molar refractivity (Wildman–Crippen MR) is 129 cm³/mol. The monoisotopic (exact) mass is 386 g/mol. The minimum atomic E-state index is 0.303. The van der Waals surface area contributed by atoms with E-state index in [0.29, 0.717) is 16.7 Å². The van der Waals surface area contributed by atoms with Crippen LogP contribution < -0.4 is 0 Å². The maximum Gasteiger partial charge on any atom is -0.0146 e. The maximum atomic E-state index is 4.19. The topological polar surface area (TPSA) is 0 Å². The third-order valence-electron chi connectivity index (χ3n) is 8.98. The van der Waals surface area contributed by atoms with Gasteiger partial charge in [-0.2, -0.15) is 0 Å². The van der Waals surface area contributed by atoms with Crippen LogP contribution in [0.5, 0.6) is 0 Å². The number of rotatable bonds is 11. The van der Waals surface area contributed by atoms with Crippen molar-refractivity contribution < 1.29 is 0 Å². The quantitative estimate of drug-likeness (QED) is 0.245. The van der Waals surface area contributed by atoms with Gasteiger partial charge < -0.3 is 0 Å². The molecule has 0 nitrogen and oxygen atoms in total. The van der Waals surface area contributed by atoms with Crippen LogP contribution in [0.1, 0.15) is 108 Å². The molecule has 6 atom stereocenters. The van der Waals surface area contributed by atoms with Crippen molar-refractivity contribution in [3.8, 4) is 0 Å². The Bertz CT molecular complexity index is 604. The third kappa shape index (κ3) is 5.43. The van der Waals surface area contributed by atoms with Gasteiger partial charge in [0.15, 0.2) is 0 Å². The molecule has 162 valence electrons. The molecule has 6 unspecified atom stereocenters. The lowest BCUT2D eigenvalue weighted by Gasteiger charge is -2.43. The molecule has 0 aromatic heterocycles. The van der Waals surface area contributed by atoms with Gasteiger partial charge in [0.05, 0.1) is 0 Å². The second-order valence-electron chi connectivity index (χ2n) is 10.8. The Morgan fingerprint density at radius 3 is 2.11 bits per heavy atom. The van der Waals surface area contributed by atoms with Crippen molar-refractivity contribution >= 4 is 0 Å². The molecule has 0 aromatic carbocycles. The molecule has 0 saturated heterocycles. The summed E-state index contributed by atoms with van der Waals surface area (Å²) in [4.78, 5) is 0.